The maximum Gasteiger partial charge on any atom is 0.153 e. The highest BCUT2D eigenvalue weighted by atomic mass is 16.5. The molecule has 1 rings (SSSR count). The molecule has 0 aliphatic carbocycles. The summed E-state index contributed by atoms with van der Waals surface area (Å²) in [6.45, 7) is 3.91. The highest BCUT2D eigenvalue weighted by molar-refractivity contribution is 5.07. The van der Waals surface area contributed by atoms with Crippen molar-refractivity contribution in [2.45, 2.75) is 26.3 Å². The van der Waals surface area contributed by atoms with E-state index in [0.717, 1.165) is 17.9 Å². The number of aromatic nitrogens is 1. The zero-order valence-corrected chi connectivity index (χ0v) is 6.29. The molecule has 0 spiro atoms. The predicted molar refractivity (Wildman–Crippen MR) is 38.5 cm³/mol. The quantitative estimate of drug-likeness (QED) is 0.672. The van der Waals surface area contributed by atoms with E-state index in [9.17, 15) is 0 Å². The lowest BCUT2D eigenvalue weighted by molar-refractivity contribution is 0.363. The molecule has 1 heterocycles. The SMILES string of the molecule is CCc1cc([C@@H](C)N)on1. The molecule has 1 aromatic heterocycles. The zero-order chi connectivity index (χ0) is 7.56. The molecule has 0 aliphatic heterocycles. The largest absolute Gasteiger partial charge is 0.359 e. The van der Waals surface area contributed by atoms with Crippen molar-refractivity contribution in [1.29, 1.82) is 0 Å². The summed E-state index contributed by atoms with van der Waals surface area (Å²) in [4.78, 5) is 0. The van der Waals surface area contributed by atoms with E-state index in [4.69, 9.17) is 10.3 Å². The minimum Gasteiger partial charge on any atom is -0.359 e. The van der Waals surface area contributed by atoms with Crippen LogP contribution in [0.15, 0.2) is 10.6 Å². The van der Waals surface area contributed by atoms with E-state index in [0.29, 0.717) is 0 Å². The van der Waals surface area contributed by atoms with Crippen LogP contribution in [0.2, 0.25) is 0 Å². The molecular formula is C7H12N2O. The van der Waals surface area contributed by atoms with Gasteiger partial charge in [-0.2, -0.15) is 0 Å². The molecule has 0 amide bonds. The number of aryl methyl sites for hydroxylation is 1. The van der Waals surface area contributed by atoms with Crippen LogP contribution in [0.25, 0.3) is 0 Å². The van der Waals surface area contributed by atoms with Crippen LogP contribution < -0.4 is 5.73 Å². The Balaban J connectivity index is 2.78. The molecule has 0 saturated heterocycles. The number of rotatable bonds is 2. The average molecular weight is 140 g/mol. The van der Waals surface area contributed by atoms with Gasteiger partial charge in [-0.25, -0.2) is 0 Å². The fourth-order valence-electron chi connectivity index (χ4n) is 0.709. The van der Waals surface area contributed by atoms with Gasteiger partial charge in [-0.3, -0.25) is 0 Å². The van der Waals surface area contributed by atoms with E-state index in [1.54, 1.807) is 0 Å². The van der Waals surface area contributed by atoms with Gasteiger partial charge in [0.2, 0.25) is 0 Å². The van der Waals surface area contributed by atoms with Crippen LogP contribution in [0.4, 0.5) is 0 Å². The van der Waals surface area contributed by atoms with Gasteiger partial charge in [0.1, 0.15) is 0 Å². The van der Waals surface area contributed by atoms with E-state index in [1.165, 1.54) is 0 Å². The average Bonchev–Trinajstić information content (AvgIpc) is 2.34. The Kier molecular flexibility index (Phi) is 2.06. The Labute approximate surface area is 60.2 Å². The van der Waals surface area contributed by atoms with Crippen molar-refractivity contribution < 1.29 is 4.52 Å². The minimum absolute atomic E-state index is 0.0483. The summed E-state index contributed by atoms with van der Waals surface area (Å²) < 4.78 is 4.94. The molecule has 0 saturated carbocycles. The summed E-state index contributed by atoms with van der Waals surface area (Å²) >= 11 is 0. The second kappa shape index (κ2) is 2.84. The van der Waals surface area contributed by atoms with Crippen LogP contribution in [0.3, 0.4) is 0 Å². The maximum atomic E-state index is 5.55. The first-order valence-corrected chi connectivity index (χ1v) is 3.45. The Bertz CT molecular complexity index is 205. The first-order chi connectivity index (χ1) is 4.74. The second-order valence-corrected chi connectivity index (χ2v) is 2.36. The van der Waals surface area contributed by atoms with Crippen LogP contribution in [-0.4, -0.2) is 5.16 Å². The van der Waals surface area contributed by atoms with Crippen molar-refractivity contribution >= 4 is 0 Å². The van der Waals surface area contributed by atoms with Gasteiger partial charge < -0.3 is 10.3 Å². The number of hydrogen-bond acceptors (Lipinski definition) is 3. The fourth-order valence-corrected chi connectivity index (χ4v) is 0.709. The third-order valence-corrected chi connectivity index (χ3v) is 1.39. The minimum atomic E-state index is -0.0483. The molecule has 3 nitrogen and oxygen atoms in total. The number of nitrogens with zero attached hydrogens (tertiary/aromatic N) is 1. The van der Waals surface area contributed by atoms with E-state index in [-0.39, 0.29) is 6.04 Å². The molecule has 1 atom stereocenters. The third kappa shape index (κ3) is 1.36. The summed E-state index contributed by atoms with van der Waals surface area (Å²) in [5, 5.41) is 3.80. The summed E-state index contributed by atoms with van der Waals surface area (Å²) in [6, 6.07) is 1.85. The summed E-state index contributed by atoms with van der Waals surface area (Å²) in [5.41, 5.74) is 6.51. The topological polar surface area (TPSA) is 52.0 Å². The number of hydrogen-bond donors (Lipinski definition) is 1. The fraction of sp³-hybridized carbons (Fsp3) is 0.571. The Morgan fingerprint density at radius 2 is 2.50 bits per heavy atom. The van der Waals surface area contributed by atoms with Crippen molar-refractivity contribution in [3.63, 3.8) is 0 Å². The molecule has 2 N–H and O–H groups in total. The van der Waals surface area contributed by atoms with Gasteiger partial charge in [0.05, 0.1) is 11.7 Å². The van der Waals surface area contributed by atoms with Gasteiger partial charge in [0.15, 0.2) is 5.76 Å². The summed E-state index contributed by atoms with van der Waals surface area (Å²) in [6.07, 6.45) is 0.899. The molecular weight excluding hydrogens is 128 g/mol. The van der Waals surface area contributed by atoms with Gasteiger partial charge in [-0.05, 0) is 13.3 Å². The van der Waals surface area contributed by atoms with Crippen LogP contribution >= 0.6 is 0 Å². The molecule has 3 heteroatoms. The van der Waals surface area contributed by atoms with Crippen molar-refractivity contribution in [1.82, 2.24) is 5.16 Å². The standard InChI is InChI=1S/C7H12N2O/c1-3-6-4-7(5(2)8)10-9-6/h4-5H,3,8H2,1-2H3/t5-/m1/s1. The maximum absolute atomic E-state index is 5.55. The van der Waals surface area contributed by atoms with E-state index in [1.807, 2.05) is 19.9 Å². The monoisotopic (exact) mass is 140 g/mol. The molecule has 0 radical (unpaired) electrons. The third-order valence-electron chi connectivity index (χ3n) is 1.39. The first-order valence-electron chi connectivity index (χ1n) is 3.45. The van der Waals surface area contributed by atoms with Gasteiger partial charge in [-0.15, -0.1) is 0 Å². The summed E-state index contributed by atoms with van der Waals surface area (Å²) in [5.74, 6) is 0.761. The molecule has 0 unspecified atom stereocenters. The Morgan fingerprint density at radius 1 is 1.80 bits per heavy atom. The van der Waals surface area contributed by atoms with Crippen LogP contribution in [0.5, 0.6) is 0 Å². The van der Waals surface area contributed by atoms with E-state index in [2.05, 4.69) is 5.16 Å². The lowest BCUT2D eigenvalue weighted by Crippen LogP contribution is -2.02. The smallest absolute Gasteiger partial charge is 0.153 e. The van der Waals surface area contributed by atoms with E-state index >= 15 is 0 Å². The van der Waals surface area contributed by atoms with Crippen molar-refractivity contribution in [2.75, 3.05) is 0 Å². The van der Waals surface area contributed by atoms with E-state index < -0.39 is 0 Å². The molecule has 56 valence electrons. The van der Waals surface area contributed by atoms with Gasteiger partial charge in [0.25, 0.3) is 0 Å². The van der Waals surface area contributed by atoms with Gasteiger partial charge in [0, 0.05) is 6.07 Å². The summed E-state index contributed by atoms with van der Waals surface area (Å²) in [7, 11) is 0. The molecule has 1 aromatic rings. The van der Waals surface area contributed by atoms with Crippen LogP contribution in [-0.2, 0) is 6.42 Å². The van der Waals surface area contributed by atoms with Crippen molar-refractivity contribution in [2.24, 2.45) is 5.73 Å². The zero-order valence-electron chi connectivity index (χ0n) is 6.29. The van der Waals surface area contributed by atoms with Gasteiger partial charge >= 0.3 is 0 Å². The van der Waals surface area contributed by atoms with Crippen molar-refractivity contribution in [3.8, 4) is 0 Å². The highest BCUT2D eigenvalue weighted by Gasteiger charge is 2.05. The lowest BCUT2D eigenvalue weighted by atomic mass is 10.2. The molecule has 10 heavy (non-hydrogen) atoms. The number of nitrogens with two attached hydrogens (primary N) is 1. The Morgan fingerprint density at radius 3 is 2.80 bits per heavy atom. The molecule has 0 fully saturated rings. The highest BCUT2D eigenvalue weighted by Crippen LogP contribution is 2.10. The molecule has 0 aromatic carbocycles. The molecule has 0 aliphatic rings. The predicted octanol–water partition coefficient (Wildman–Crippen LogP) is 1.26. The first kappa shape index (κ1) is 7.28. The molecule has 0 bridgehead atoms. The van der Waals surface area contributed by atoms with Crippen LogP contribution in [0, 0.1) is 0 Å². The van der Waals surface area contributed by atoms with Gasteiger partial charge in [-0.1, -0.05) is 12.1 Å². The normalized spacial score (nSPS) is 13.5. The second-order valence-electron chi connectivity index (χ2n) is 2.36. The van der Waals surface area contributed by atoms with Crippen molar-refractivity contribution in [3.05, 3.63) is 17.5 Å². The van der Waals surface area contributed by atoms with Crippen LogP contribution in [0.1, 0.15) is 31.3 Å². The lowest BCUT2D eigenvalue weighted by Gasteiger charge is -1.93. The Hall–Kier alpha value is -0.830.